The SMILES string of the molecule is CN(c1ccc(F)c(F)c1)S(=O)(=O)c1ccsc1-c1nc(-c2cccc(F)c2)no1. The van der Waals surface area contributed by atoms with E-state index >= 15 is 0 Å². The number of thiophene rings is 1. The number of anilines is 1. The number of hydrogen-bond acceptors (Lipinski definition) is 6. The van der Waals surface area contributed by atoms with Crippen molar-refractivity contribution in [1.29, 1.82) is 0 Å². The Morgan fingerprint density at radius 1 is 1.03 bits per heavy atom. The molecule has 0 N–H and O–H groups in total. The number of benzene rings is 2. The molecule has 0 aliphatic rings. The molecule has 6 nitrogen and oxygen atoms in total. The molecule has 154 valence electrons. The Kier molecular flexibility index (Phi) is 5.08. The van der Waals surface area contributed by atoms with Gasteiger partial charge in [0.1, 0.15) is 15.6 Å². The number of nitrogens with zero attached hydrogens (tertiary/aromatic N) is 3. The normalized spacial score (nSPS) is 11.6. The van der Waals surface area contributed by atoms with Crippen LogP contribution in [0.3, 0.4) is 0 Å². The maximum absolute atomic E-state index is 13.6. The maximum Gasteiger partial charge on any atom is 0.269 e. The fraction of sp³-hybridized carbons (Fsp3) is 0.0526. The van der Waals surface area contributed by atoms with Gasteiger partial charge in [-0.3, -0.25) is 4.31 Å². The number of aromatic nitrogens is 2. The van der Waals surface area contributed by atoms with Crippen molar-refractivity contribution in [2.75, 3.05) is 11.4 Å². The van der Waals surface area contributed by atoms with E-state index in [2.05, 4.69) is 10.1 Å². The molecule has 0 fully saturated rings. The van der Waals surface area contributed by atoms with Crippen molar-refractivity contribution in [3.05, 3.63) is 71.4 Å². The van der Waals surface area contributed by atoms with Gasteiger partial charge in [0.15, 0.2) is 11.6 Å². The van der Waals surface area contributed by atoms with Crippen molar-refractivity contribution in [3.8, 4) is 22.2 Å². The fourth-order valence-corrected chi connectivity index (χ4v) is 5.19. The van der Waals surface area contributed by atoms with Crippen LogP contribution in [0.4, 0.5) is 18.9 Å². The minimum Gasteiger partial charge on any atom is -0.333 e. The summed E-state index contributed by atoms with van der Waals surface area (Å²) in [6.45, 7) is 0. The van der Waals surface area contributed by atoms with Gasteiger partial charge >= 0.3 is 0 Å². The van der Waals surface area contributed by atoms with E-state index < -0.39 is 27.5 Å². The van der Waals surface area contributed by atoms with Gasteiger partial charge in [-0.2, -0.15) is 4.98 Å². The molecule has 0 saturated heterocycles. The van der Waals surface area contributed by atoms with Crippen molar-refractivity contribution in [3.63, 3.8) is 0 Å². The van der Waals surface area contributed by atoms with Crippen molar-refractivity contribution >= 4 is 27.0 Å². The number of sulfonamides is 1. The van der Waals surface area contributed by atoms with Crippen LogP contribution in [0.15, 0.2) is 63.3 Å². The van der Waals surface area contributed by atoms with Gasteiger partial charge in [0, 0.05) is 18.7 Å². The molecule has 0 spiro atoms. The molecule has 11 heteroatoms. The first-order valence-electron chi connectivity index (χ1n) is 8.39. The molecule has 0 bridgehead atoms. The second kappa shape index (κ2) is 7.58. The lowest BCUT2D eigenvalue weighted by Gasteiger charge is -2.19. The van der Waals surface area contributed by atoms with Gasteiger partial charge in [0.25, 0.3) is 15.9 Å². The zero-order valence-corrected chi connectivity index (χ0v) is 16.8. The van der Waals surface area contributed by atoms with E-state index in [0.29, 0.717) is 5.56 Å². The Labute approximate surface area is 173 Å². The van der Waals surface area contributed by atoms with Crippen LogP contribution in [0.5, 0.6) is 0 Å². The second-order valence-corrected chi connectivity index (χ2v) is 8.97. The van der Waals surface area contributed by atoms with Crippen LogP contribution < -0.4 is 4.31 Å². The predicted molar refractivity (Wildman–Crippen MR) is 105 cm³/mol. The quantitative estimate of drug-likeness (QED) is 0.439. The first kappa shape index (κ1) is 20.1. The summed E-state index contributed by atoms with van der Waals surface area (Å²) in [6, 6.07) is 9.68. The van der Waals surface area contributed by atoms with Crippen molar-refractivity contribution in [2.45, 2.75) is 4.90 Å². The minimum absolute atomic E-state index is 0.0583. The second-order valence-electron chi connectivity index (χ2n) is 6.12. The van der Waals surface area contributed by atoms with Crippen molar-refractivity contribution in [1.82, 2.24) is 10.1 Å². The van der Waals surface area contributed by atoms with Gasteiger partial charge in [-0.1, -0.05) is 17.3 Å². The Bertz CT molecular complexity index is 1340. The summed E-state index contributed by atoms with van der Waals surface area (Å²) in [4.78, 5) is 4.19. The molecule has 0 aliphatic heterocycles. The van der Waals surface area contributed by atoms with Gasteiger partial charge in [-0.05, 0) is 35.7 Å². The summed E-state index contributed by atoms with van der Waals surface area (Å²) < 4.78 is 72.4. The molecule has 4 rings (SSSR count). The van der Waals surface area contributed by atoms with Gasteiger partial charge in [0.2, 0.25) is 5.82 Å². The van der Waals surface area contributed by atoms with E-state index in [1.54, 1.807) is 6.07 Å². The molecule has 0 radical (unpaired) electrons. The zero-order valence-electron chi connectivity index (χ0n) is 15.2. The Morgan fingerprint density at radius 3 is 2.57 bits per heavy atom. The third kappa shape index (κ3) is 3.57. The number of halogens is 3. The minimum atomic E-state index is -4.15. The highest BCUT2D eigenvalue weighted by atomic mass is 32.2. The predicted octanol–water partition coefficient (Wildman–Crippen LogP) is 4.71. The lowest BCUT2D eigenvalue weighted by atomic mass is 10.2. The molecule has 2 aromatic carbocycles. The molecule has 0 aliphatic carbocycles. The fourth-order valence-electron chi connectivity index (χ4n) is 2.68. The summed E-state index contributed by atoms with van der Waals surface area (Å²) in [5.41, 5.74) is 0.307. The largest absolute Gasteiger partial charge is 0.333 e. The van der Waals surface area contributed by atoms with Crippen LogP contribution in [-0.4, -0.2) is 25.6 Å². The third-order valence-corrected chi connectivity index (χ3v) is 7.10. The summed E-state index contributed by atoms with van der Waals surface area (Å²) >= 11 is 1.05. The molecule has 0 atom stereocenters. The van der Waals surface area contributed by atoms with E-state index in [9.17, 15) is 21.6 Å². The molecule has 2 aromatic heterocycles. The van der Waals surface area contributed by atoms with Crippen LogP contribution in [0.25, 0.3) is 22.2 Å². The Morgan fingerprint density at radius 2 is 1.83 bits per heavy atom. The monoisotopic (exact) mass is 451 g/mol. The van der Waals surface area contributed by atoms with Gasteiger partial charge in [-0.25, -0.2) is 21.6 Å². The smallest absolute Gasteiger partial charge is 0.269 e. The highest BCUT2D eigenvalue weighted by molar-refractivity contribution is 7.93. The van der Waals surface area contributed by atoms with Gasteiger partial charge in [-0.15, -0.1) is 11.3 Å². The third-order valence-electron chi connectivity index (χ3n) is 4.24. The molecule has 30 heavy (non-hydrogen) atoms. The lowest BCUT2D eigenvalue weighted by molar-refractivity contribution is 0.432. The van der Waals surface area contributed by atoms with Crippen LogP contribution >= 0.6 is 11.3 Å². The van der Waals surface area contributed by atoms with Crippen LogP contribution in [0.1, 0.15) is 0 Å². The highest BCUT2D eigenvalue weighted by Gasteiger charge is 2.29. The Hall–Kier alpha value is -3.18. The molecule has 4 aromatic rings. The average Bonchev–Trinajstić information content (AvgIpc) is 3.39. The first-order valence-corrected chi connectivity index (χ1v) is 10.7. The van der Waals surface area contributed by atoms with Crippen LogP contribution in [0, 0.1) is 17.5 Å². The van der Waals surface area contributed by atoms with Gasteiger partial charge < -0.3 is 4.52 Å². The van der Waals surface area contributed by atoms with Crippen molar-refractivity contribution < 1.29 is 26.1 Å². The van der Waals surface area contributed by atoms with E-state index in [4.69, 9.17) is 4.52 Å². The van der Waals surface area contributed by atoms with E-state index in [-0.39, 0.29) is 27.2 Å². The standard InChI is InChI=1S/C19H12F3N3O3S2/c1-25(13-5-6-14(21)15(22)10-13)30(26,27)16-7-8-29-17(16)19-23-18(24-28-19)11-3-2-4-12(20)9-11/h2-10H,1H3. The van der Waals surface area contributed by atoms with Gasteiger partial charge in [0.05, 0.1) is 5.69 Å². The average molecular weight is 451 g/mol. The van der Waals surface area contributed by atoms with E-state index in [0.717, 1.165) is 33.8 Å². The number of hydrogen-bond donors (Lipinski definition) is 0. The number of rotatable bonds is 5. The molecule has 0 unspecified atom stereocenters. The molecule has 0 amide bonds. The van der Waals surface area contributed by atoms with E-state index in [1.807, 2.05) is 0 Å². The molecule has 2 heterocycles. The summed E-state index contributed by atoms with van der Waals surface area (Å²) in [7, 11) is -2.93. The molecule has 0 saturated carbocycles. The van der Waals surface area contributed by atoms with Crippen molar-refractivity contribution in [2.24, 2.45) is 0 Å². The summed E-state index contributed by atoms with van der Waals surface area (Å²) in [6.07, 6.45) is 0. The van der Waals surface area contributed by atoms with E-state index in [1.165, 1.54) is 36.7 Å². The lowest BCUT2D eigenvalue weighted by Crippen LogP contribution is -2.26. The Balaban J connectivity index is 1.71. The topological polar surface area (TPSA) is 76.3 Å². The first-order chi connectivity index (χ1) is 14.3. The summed E-state index contributed by atoms with van der Waals surface area (Å²) in [5.74, 6) is -2.71. The van der Waals surface area contributed by atoms with Crippen LogP contribution in [0.2, 0.25) is 0 Å². The van der Waals surface area contributed by atoms with Crippen LogP contribution in [-0.2, 0) is 10.0 Å². The molecular weight excluding hydrogens is 439 g/mol. The highest BCUT2D eigenvalue weighted by Crippen LogP contribution is 2.35. The molecular formula is C19H12F3N3O3S2. The summed E-state index contributed by atoms with van der Waals surface area (Å²) in [5, 5.41) is 5.31. The maximum atomic E-state index is 13.6. The zero-order chi connectivity index (χ0) is 21.5.